The topological polar surface area (TPSA) is 74.9 Å². The molecule has 0 saturated heterocycles. The molecular formula is C16H27BrN2O4. The second kappa shape index (κ2) is 8.70. The molecule has 1 aromatic heterocycles. The second-order valence-corrected chi connectivity index (χ2v) is 7.37. The lowest BCUT2D eigenvalue weighted by Crippen LogP contribution is -2.43. The van der Waals surface area contributed by atoms with Crippen molar-refractivity contribution < 1.29 is 19.1 Å². The van der Waals surface area contributed by atoms with E-state index in [1.54, 1.807) is 6.92 Å². The van der Waals surface area contributed by atoms with E-state index >= 15 is 0 Å². The number of amides is 1. The number of furan rings is 1. The van der Waals surface area contributed by atoms with Gasteiger partial charge in [-0.05, 0) is 62.7 Å². The van der Waals surface area contributed by atoms with Gasteiger partial charge in [-0.2, -0.15) is 0 Å². The largest absolute Gasteiger partial charge is 0.453 e. The van der Waals surface area contributed by atoms with Crippen molar-refractivity contribution in [3.63, 3.8) is 0 Å². The number of carbonyl (C=O) groups is 1. The molecule has 132 valence electrons. The fourth-order valence-corrected chi connectivity index (χ4v) is 2.30. The molecule has 2 unspecified atom stereocenters. The summed E-state index contributed by atoms with van der Waals surface area (Å²) in [5.74, 6) is 0.816. The predicted molar refractivity (Wildman–Crippen MR) is 92.3 cm³/mol. The molecule has 0 fully saturated rings. The summed E-state index contributed by atoms with van der Waals surface area (Å²) >= 11 is 3.27. The zero-order chi connectivity index (χ0) is 17.6. The summed E-state index contributed by atoms with van der Waals surface area (Å²) in [5.41, 5.74) is -0.560. The molecule has 1 rings (SSSR count). The van der Waals surface area contributed by atoms with Gasteiger partial charge in [-0.15, -0.1) is 0 Å². The van der Waals surface area contributed by atoms with Crippen molar-refractivity contribution in [3.05, 3.63) is 22.6 Å². The quantitative estimate of drug-likeness (QED) is 0.746. The Labute approximate surface area is 146 Å². The molecule has 0 aliphatic carbocycles. The smallest absolute Gasteiger partial charge is 0.410 e. The maximum atomic E-state index is 12.2. The summed E-state index contributed by atoms with van der Waals surface area (Å²) < 4.78 is 11.5. The summed E-state index contributed by atoms with van der Waals surface area (Å²) in [6.45, 7) is 10.3. The van der Waals surface area contributed by atoms with Crippen molar-refractivity contribution in [2.75, 3.05) is 19.6 Å². The molecule has 23 heavy (non-hydrogen) atoms. The van der Waals surface area contributed by atoms with E-state index in [-0.39, 0.29) is 12.6 Å². The normalized spacial score (nSPS) is 14.4. The molecule has 0 aromatic carbocycles. The maximum Gasteiger partial charge on any atom is 0.410 e. The van der Waals surface area contributed by atoms with Gasteiger partial charge in [-0.3, -0.25) is 0 Å². The Morgan fingerprint density at radius 3 is 2.57 bits per heavy atom. The highest BCUT2D eigenvalue weighted by Crippen LogP contribution is 2.19. The van der Waals surface area contributed by atoms with Crippen molar-refractivity contribution in [2.24, 2.45) is 0 Å². The van der Waals surface area contributed by atoms with Gasteiger partial charge < -0.3 is 24.5 Å². The van der Waals surface area contributed by atoms with Crippen LogP contribution in [0.1, 0.15) is 46.4 Å². The Hall–Kier alpha value is -1.05. The molecule has 1 heterocycles. The Balaban J connectivity index is 2.52. The first-order chi connectivity index (χ1) is 10.6. The molecule has 1 amide bonds. The Morgan fingerprint density at radius 1 is 1.43 bits per heavy atom. The molecule has 0 spiro atoms. The minimum atomic E-state index is -0.610. The zero-order valence-corrected chi connectivity index (χ0v) is 16.0. The van der Waals surface area contributed by atoms with E-state index in [1.165, 1.54) is 4.90 Å². The second-order valence-electron chi connectivity index (χ2n) is 6.59. The molecule has 6 nitrogen and oxygen atoms in total. The number of aliphatic hydroxyl groups is 1. The Kier molecular flexibility index (Phi) is 7.57. The molecular weight excluding hydrogens is 364 g/mol. The average Bonchev–Trinajstić information content (AvgIpc) is 2.81. The van der Waals surface area contributed by atoms with E-state index in [0.29, 0.717) is 17.8 Å². The fourth-order valence-electron chi connectivity index (χ4n) is 1.98. The molecule has 2 N–H and O–H groups in total. The molecule has 0 aliphatic rings. The van der Waals surface area contributed by atoms with Crippen LogP contribution in [0.4, 0.5) is 4.79 Å². The number of nitrogens with one attached hydrogen (secondary N) is 1. The lowest BCUT2D eigenvalue weighted by Gasteiger charge is -2.28. The van der Waals surface area contributed by atoms with Crippen LogP contribution in [0.25, 0.3) is 0 Å². The van der Waals surface area contributed by atoms with Gasteiger partial charge in [0.1, 0.15) is 11.4 Å². The van der Waals surface area contributed by atoms with Crippen LogP contribution in [-0.4, -0.2) is 47.4 Å². The summed E-state index contributed by atoms with van der Waals surface area (Å²) in [4.78, 5) is 13.7. The lowest BCUT2D eigenvalue weighted by atomic mass is 10.2. The highest BCUT2D eigenvalue weighted by molar-refractivity contribution is 9.10. The molecule has 2 atom stereocenters. The first-order valence-electron chi connectivity index (χ1n) is 7.73. The van der Waals surface area contributed by atoms with Gasteiger partial charge in [0, 0.05) is 19.6 Å². The number of ether oxygens (including phenoxy) is 1. The summed E-state index contributed by atoms with van der Waals surface area (Å²) in [6, 6.07) is 3.75. The summed E-state index contributed by atoms with van der Waals surface area (Å²) in [5, 5.41) is 12.9. The monoisotopic (exact) mass is 390 g/mol. The van der Waals surface area contributed by atoms with Crippen molar-refractivity contribution in [1.29, 1.82) is 0 Å². The van der Waals surface area contributed by atoms with Crippen molar-refractivity contribution in [3.8, 4) is 0 Å². The number of nitrogens with zero attached hydrogens (tertiary/aromatic N) is 1. The van der Waals surface area contributed by atoms with E-state index in [9.17, 15) is 9.90 Å². The number of rotatable bonds is 7. The number of halogens is 1. The predicted octanol–water partition coefficient (Wildman–Crippen LogP) is 3.31. The Bertz CT molecular complexity index is 497. The van der Waals surface area contributed by atoms with E-state index in [0.717, 1.165) is 5.76 Å². The lowest BCUT2D eigenvalue weighted by molar-refractivity contribution is 0.0163. The number of aliphatic hydroxyl groups excluding tert-OH is 1. The third-order valence-corrected chi connectivity index (χ3v) is 3.42. The Morgan fingerprint density at radius 2 is 2.09 bits per heavy atom. The van der Waals surface area contributed by atoms with Crippen LogP contribution in [0, 0.1) is 0 Å². The summed E-state index contributed by atoms with van der Waals surface area (Å²) in [7, 11) is 0. The van der Waals surface area contributed by atoms with Crippen LogP contribution < -0.4 is 5.32 Å². The zero-order valence-electron chi connectivity index (χ0n) is 14.4. The molecule has 0 radical (unpaired) electrons. The third-order valence-electron chi connectivity index (χ3n) is 2.99. The molecule has 1 aromatic rings. The molecule has 7 heteroatoms. The van der Waals surface area contributed by atoms with Crippen LogP contribution in [0.15, 0.2) is 21.2 Å². The SMILES string of the molecule is CC(O)CN(CCNC(C)c1ccc(Br)o1)C(=O)OC(C)(C)C. The standard InChI is InChI=1S/C16H27BrN2O4/c1-11(20)10-19(15(21)23-16(3,4)5)9-8-18-12(2)13-6-7-14(17)22-13/h6-7,11-12,18,20H,8-10H2,1-5H3. The number of carbonyl (C=O) groups excluding carboxylic acids is 1. The van der Waals surface area contributed by atoms with Gasteiger partial charge >= 0.3 is 6.09 Å². The average molecular weight is 391 g/mol. The molecule has 0 saturated carbocycles. The van der Waals surface area contributed by atoms with Gasteiger partial charge in [-0.1, -0.05) is 0 Å². The van der Waals surface area contributed by atoms with Crippen LogP contribution in [0.3, 0.4) is 0 Å². The van der Waals surface area contributed by atoms with Gasteiger partial charge in [0.15, 0.2) is 4.67 Å². The summed E-state index contributed by atoms with van der Waals surface area (Å²) in [6.07, 6.45) is -1.03. The van der Waals surface area contributed by atoms with Crippen LogP contribution in [0.5, 0.6) is 0 Å². The molecule has 0 bridgehead atoms. The first kappa shape index (κ1) is 20.0. The van der Waals surface area contributed by atoms with Crippen molar-refractivity contribution in [1.82, 2.24) is 10.2 Å². The van der Waals surface area contributed by atoms with Gasteiger partial charge in [-0.25, -0.2) is 4.79 Å². The van der Waals surface area contributed by atoms with Crippen LogP contribution in [0.2, 0.25) is 0 Å². The highest BCUT2D eigenvalue weighted by Gasteiger charge is 2.23. The third kappa shape index (κ3) is 7.85. The highest BCUT2D eigenvalue weighted by atomic mass is 79.9. The van der Waals surface area contributed by atoms with Gasteiger partial charge in [0.2, 0.25) is 0 Å². The fraction of sp³-hybridized carbons (Fsp3) is 0.688. The minimum absolute atomic E-state index is 0.0216. The van der Waals surface area contributed by atoms with E-state index in [4.69, 9.17) is 9.15 Å². The maximum absolute atomic E-state index is 12.2. The van der Waals surface area contributed by atoms with E-state index in [1.807, 2.05) is 39.8 Å². The van der Waals surface area contributed by atoms with Crippen molar-refractivity contribution >= 4 is 22.0 Å². The van der Waals surface area contributed by atoms with E-state index in [2.05, 4.69) is 21.2 Å². The number of hydrogen-bond acceptors (Lipinski definition) is 5. The van der Waals surface area contributed by atoms with Gasteiger partial charge in [0.05, 0.1) is 12.1 Å². The first-order valence-corrected chi connectivity index (χ1v) is 8.52. The molecule has 0 aliphatic heterocycles. The van der Waals surface area contributed by atoms with Crippen LogP contribution >= 0.6 is 15.9 Å². The van der Waals surface area contributed by atoms with E-state index < -0.39 is 17.8 Å². The van der Waals surface area contributed by atoms with Gasteiger partial charge in [0.25, 0.3) is 0 Å². The van der Waals surface area contributed by atoms with Crippen LogP contribution in [-0.2, 0) is 4.74 Å². The minimum Gasteiger partial charge on any atom is -0.453 e. The van der Waals surface area contributed by atoms with Crippen molar-refractivity contribution in [2.45, 2.75) is 52.4 Å². The number of hydrogen-bond donors (Lipinski definition) is 2.